The molecule has 1 heteroatoms. The van der Waals surface area contributed by atoms with Crippen LogP contribution in [0.1, 0.15) is 11.1 Å². The predicted octanol–water partition coefficient (Wildman–Crippen LogP) is 4.39. The van der Waals surface area contributed by atoms with E-state index < -0.39 is 0 Å². The van der Waals surface area contributed by atoms with E-state index in [0.717, 1.165) is 15.2 Å². The van der Waals surface area contributed by atoms with Crippen molar-refractivity contribution in [1.29, 1.82) is 0 Å². The van der Waals surface area contributed by atoms with Crippen molar-refractivity contribution in [2.75, 3.05) is 0 Å². The van der Waals surface area contributed by atoms with Crippen molar-refractivity contribution in [2.24, 2.45) is 0 Å². The van der Waals surface area contributed by atoms with Gasteiger partial charge in [0.2, 0.25) is 0 Å². The molecule has 0 saturated carbocycles. The van der Waals surface area contributed by atoms with Crippen molar-refractivity contribution in [3.8, 4) is 0 Å². The van der Waals surface area contributed by atoms with Crippen LogP contribution in [0.25, 0.3) is 0 Å². The second-order valence-electron chi connectivity index (χ2n) is 4.08. The molecule has 0 bridgehead atoms. The second-order valence-corrected chi connectivity index (χ2v) is 6.00. The first-order valence-corrected chi connectivity index (χ1v) is 7.91. The molecule has 0 aliphatic carbocycles. The zero-order chi connectivity index (χ0) is 11.8. The van der Waals surface area contributed by atoms with Gasteiger partial charge in [-0.2, -0.15) is 0 Å². The Balaban J connectivity index is 1.61. The molecule has 0 N–H and O–H groups in total. The normalized spacial score (nSPS) is 10.4. The Morgan fingerprint density at radius 1 is 0.588 bits per heavy atom. The summed E-state index contributed by atoms with van der Waals surface area (Å²) >= 11 is 0.783. The van der Waals surface area contributed by atoms with E-state index in [0.29, 0.717) is 0 Å². The van der Waals surface area contributed by atoms with E-state index in [1.165, 1.54) is 34.5 Å². The van der Waals surface area contributed by atoms with Crippen LogP contribution in [-0.4, -0.2) is 0 Å². The van der Waals surface area contributed by atoms with Crippen LogP contribution in [0.4, 0.5) is 0 Å². The van der Waals surface area contributed by atoms with Gasteiger partial charge >= 0.3 is 110 Å². The zero-order valence-electron chi connectivity index (χ0n) is 10.0. The number of hydrogen-bond donors (Lipinski definition) is 0. The van der Waals surface area contributed by atoms with Crippen LogP contribution in [0.2, 0.25) is 10.6 Å². The van der Waals surface area contributed by atoms with E-state index in [1.807, 2.05) is 0 Å². The van der Waals surface area contributed by atoms with Crippen LogP contribution in [0.15, 0.2) is 60.7 Å². The molecule has 2 aromatic carbocycles. The Morgan fingerprint density at radius 3 is 1.41 bits per heavy atom. The van der Waals surface area contributed by atoms with E-state index >= 15 is 0 Å². The summed E-state index contributed by atoms with van der Waals surface area (Å²) in [6.45, 7) is 0. The quantitative estimate of drug-likeness (QED) is 0.677. The molecule has 2 aromatic rings. The molecule has 0 heterocycles. The van der Waals surface area contributed by atoms with E-state index in [1.54, 1.807) is 0 Å². The van der Waals surface area contributed by atoms with E-state index in [4.69, 9.17) is 0 Å². The molecule has 0 spiro atoms. The Hall–Kier alpha value is -1.03. The molecule has 0 aliphatic rings. The van der Waals surface area contributed by atoms with Gasteiger partial charge in [0.1, 0.15) is 0 Å². The molecule has 0 fully saturated rings. The molecule has 0 atom stereocenters. The maximum atomic E-state index is 2.23. The van der Waals surface area contributed by atoms with Crippen LogP contribution in [0.5, 0.6) is 0 Å². The summed E-state index contributed by atoms with van der Waals surface area (Å²) in [7, 11) is 0. The monoisotopic (exact) mass is 262 g/mol. The van der Waals surface area contributed by atoms with Gasteiger partial charge in [0.15, 0.2) is 0 Å². The Kier molecular flexibility index (Phi) is 5.36. The minimum absolute atomic E-state index is 0.783. The van der Waals surface area contributed by atoms with E-state index in [2.05, 4.69) is 60.7 Å². The van der Waals surface area contributed by atoms with Gasteiger partial charge in [-0.25, -0.2) is 0 Å². The summed E-state index contributed by atoms with van der Waals surface area (Å²) in [5, 5.41) is 2.73. The average Bonchev–Trinajstić information content (AvgIpc) is 2.41. The molecular weight excluding hydrogens is 244 g/mol. The summed E-state index contributed by atoms with van der Waals surface area (Å²) in [5.74, 6) is 0. The van der Waals surface area contributed by atoms with Crippen LogP contribution in [0.3, 0.4) is 0 Å². The molecule has 0 aliphatic heterocycles. The molecule has 88 valence electrons. The van der Waals surface area contributed by atoms with Gasteiger partial charge in [-0.05, 0) is 0 Å². The Labute approximate surface area is 110 Å². The summed E-state index contributed by atoms with van der Waals surface area (Å²) in [4.78, 5) is 0. The van der Waals surface area contributed by atoms with Gasteiger partial charge < -0.3 is 0 Å². The molecular formula is C16H18Cr. The summed E-state index contributed by atoms with van der Waals surface area (Å²) in [6, 6.07) is 21.6. The van der Waals surface area contributed by atoms with Crippen LogP contribution in [0, 0.1) is 0 Å². The van der Waals surface area contributed by atoms with Gasteiger partial charge in [-0.3, -0.25) is 0 Å². The summed E-state index contributed by atoms with van der Waals surface area (Å²) < 4.78 is 0. The third kappa shape index (κ3) is 4.77. The molecule has 0 aromatic heterocycles. The molecule has 2 rings (SSSR count). The zero-order valence-corrected chi connectivity index (χ0v) is 11.3. The van der Waals surface area contributed by atoms with Crippen molar-refractivity contribution < 1.29 is 15.2 Å². The van der Waals surface area contributed by atoms with Gasteiger partial charge in [-0.1, -0.05) is 0 Å². The third-order valence-corrected chi connectivity index (χ3v) is 4.29. The maximum absolute atomic E-state index is 2.23. The molecule has 0 amide bonds. The Morgan fingerprint density at radius 2 is 1.00 bits per heavy atom. The van der Waals surface area contributed by atoms with Crippen LogP contribution in [-0.2, 0) is 28.1 Å². The molecule has 17 heavy (non-hydrogen) atoms. The Bertz CT molecular complexity index is 367. The van der Waals surface area contributed by atoms with Crippen LogP contribution < -0.4 is 0 Å². The minimum atomic E-state index is 0.783. The third-order valence-electron chi connectivity index (χ3n) is 2.76. The SMILES string of the molecule is c1ccc(C[CH2][Cr][CH2]Cc2ccccc2)cc1. The van der Waals surface area contributed by atoms with Crippen molar-refractivity contribution in [3.63, 3.8) is 0 Å². The fourth-order valence-electron chi connectivity index (χ4n) is 1.77. The van der Waals surface area contributed by atoms with Gasteiger partial charge in [0.05, 0.1) is 0 Å². The number of aryl methyl sites for hydroxylation is 2. The van der Waals surface area contributed by atoms with Gasteiger partial charge in [0, 0.05) is 0 Å². The standard InChI is InChI=1S/2C8H9.Cr/c2*1-2-8-6-4-3-5-7-8;/h2*3-7H,1-2H2;. The average molecular weight is 262 g/mol. The molecule has 0 nitrogen and oxygen atoms in total. The fourth-order valence-corrected chi connectivity index (χ4v) is 3.28. The number of benzene rings is 2. The molecule has 0 radical (unpaired) electrons. The first-order chi connectivity index (χ1) is 8.45. The van der Waals surface area contributed by atoms with E-state index in [9.17, 15) is 0 Å². The fraction of sp³-hybridized carbons (Fsp3) is 0.250. The molecule has 0 saturated heterocycles. The van der Waals surface area contributed by atoms with Crippen LogP contribution >= 0.6 is 0 Å². The van der Waals surface area contributed by atoms with Gasteiger partial charge in [0.25, 0.3) is 0 Å². The first kappa shape index (κ1) is 12.4. The number of rotatable bonds is 6. The van der Waals surface area contributed by atoms with E-state index in [-0.39, 0.29) is 0 Å². The predicted molar refractivity (Wildman–Crippen MR) is 69.9 cm³/mol. The van der Waals surface area contributed by atoms with Crippen molar-refractivity contribution in [3.05, 3.63) is 71.8 Å². The number of hydrogen-bond acceptors (Lipinski definition) is 0. The topological polar surface area (TPSA) is 0 Å². The van der Waals surface area contributed by atoms with Crippen molar-refractivity contribution in [2.45, 2.75) is 23.4 Å². The summed E-state index contributed by atoms with van der Waals surface area (Å²) in [6.07, 6.45) is 2.49. The van der Waals surface area contributed by atoms with Gasteiger partial charge in [-0.15, -0.1) is 0 Å². The molecule has 0 unspecified atom stereocenters. The summed E-state index contributed by atoms with van der Waals surface area (Å²) in [5.41, 5.74) is 2.96. The van der Waals surface area contributed by atoms with Crippen molar-refractivity contribution >= 4 is 0 Å². The first-order valence-electron chi connectivity index (χ1n) is 6.11. The second kappa shape index (κ2) is 7.33. The van der Waals surface area contributed by atoms with Crippen molar-refractivity contribution in [1.82, 2.24) is 0 Å².